The third kappa shape index (κ3) is 8.54. The molecule has 4 rings (SSSR count). The highest BCUT2D eigenvalue weighted by Gasteiger charge is 2.15. The molecular formula is C35H40O4. The van der Waals surface area contributed by atoms with Gasteiger partial charge >= 0.3 is 0 Å². The lowest BCUT2D eigenvalue weighted by atomic mass is 9.86. The molecule has 39 heavy (non-hydrogen) atoms. The lowest BCUT2D eigenvalue weighted by Crippen LogP contribution is -2.01. The largest absolute Gasteiger partial charge is 0.508 e. The van der Waals surface area contributed by atoms with Crippen molar-refractivity contribution < 1.29 is 20.4 Å². The van der Waals surface area contributed by atoms with Gasteiger partial charge in [-0.1, -0.05) is 93.5 Å². The van der Waals surface area contributed by atoms with Crippen LogP contribution in [0.4, 0.5) is 0 Å². The van der Waals surface area contributed by atoms with Gasteiger partial charge in [-0.25, -0.2) is 0 Å². The van der Waals surface area contributed by atoms with Crippen LogP contribution in [0.1, 0.15) is 91.9 Å². The van der Waals surface area contributed by atoms with Crippen LogP contribution >= 0.6 is 0 Å². The molecule has 0 fully saturated rings. The molecule has 0 heterocycles. The summed E-state index contributed by atoms with van der Waals surface area (Å²) in [7, 11) is 0. The average molecular weight is 525 g/mol. The highest BCUT2D eigenvalue weighted by atomic mass is 16.3. The molecule has 0 unspecified atom stereocenters. The van der Waals surface area contributed by atoms with Crippen LogP contribution in [-0.4, -0.2) is 20.4 Å². The van der Waals surface area contributed by atoms with Gasteiger partial charge in [0, 0.05) is 11.8 Å². The van der Waals surface area contributed by atoms with Crippen molar-refractivity contribution >= 4 is 0 Å². The first-order valence-corrected chi connectivity index (χ1v) is 14.2. The van der Waals surface area contributed by atoms with E-state index in [4.69, 9.17) is 0 Å². The maximum absolute atomic E-state index is 9.70. The van der Waals surface area contributed by atoms with Crippen molar-refractivity contribution in [3.63, 3.8) is 0 Å². The minimum Gasteiger partial charge on any atom is -0.508 e. The van der Waals surface area contributed by atoms with Gasteiger partial charge in [-0.05, 0) is 83.6 Å². The molecule has 0 atom stereocenters. The summed E-state index contributed by atoms with van der Waals surface area (Å²) in [6, 6.07) is 29.9. The molecule has 204 valence electrons. The van der Waals surface area contributed by atoms with Crippen LogP contribution in [0.3, 0.4) is 0 Å². The fourth-order valence-corrected chi connectivity index (χ4v) is 5.46. The Morgan fingerprint density at radius 1 is 0.308 bits per heavy atom. The Morgan fingerprint density at radius 3 is 0.744 bits per heavy atom. The normalized spacial score (nSPS) is 11.3. The van der Waals surface area contributed by atoms with E-state index in [1.807, 2.05) is 48.5 Å². The second kappa shape index (κ2) is 14.3. The standard InChI is InChI=1S/C35H40O4/c36-30-18-10-26(11-19-30)34(27-12-20-31(37)21-13-27)8-6-4-2-1-3-5-7-9-35(28-14-22-32(38)23-15-28)29-16-24-33(39)25-17-29/h10-25,34-39H,1-9H2. The van der Waals surface area contributed by atoms with E-state index in [0.717, 1.165) is 25.7 Å². The molecule has 0 spiro atoms. The number of rotatable bonds is 14. The Kier molecular flexibility index (Phi) is 10.3. The van der Waals surface area contributed by atoms with Crippen LogP contribution in [0, 0.1) is 0 Å². The molecule has 0 radical (unpaired) electrons. The Hall–Kier alpha value is -3.92. The van der Waals surface area contributed by atoms with E-state index >= 15 is 0 Å². The van der Waals surface area contributed by atoms with E-state index in [9.17, 15) is 20.4 Å². The van der Waals surface area contributed by atoms with E-state index in [0.29, 0.717) is 0 Å². The van der Waals surface area contributed by atoms with Gasteiger partial charge in [-0.2, -0.15) is 0 Å². The zero-order valence-electron chi connectivity index (χ0n) is 22.5. The summed E-state index contributed by atoms with van der Waals surface area (Å²) < 4.78 is 0. The van der Waals surface area contributed by atoms with Crippen LogP contribution in [0.25, 0.3) is 0 Å². The van der Waals surface area contributed by atoms with E-state index in [1.165, 1.54) is 54.4 Å². The molecule has 4 aromatic rings. The number of unbranched alkanes of at least 4 members (excludes halogenated alkanes) is 6. The van der Waals surface area contributed by atoms with Crippen molar-refractivity contribution in [1.82, 2.24) is 0 Å². The summed E-state index contributed by atoms with van der Waals surface area (Å²) in [5.74, 6) is 1.62. The predicted octanol–water partition coefficient (Wildman–Crippen LogP) is 8.98. The maximum Gasteiger partial charge on any atom is 0.115 e. The highest BCUT2D eigenvalue weighted by Crippen LogP contribution is 2.33. The summed E-state index contributed by atoms with van der Waals surface area (Å²) >= 11 is 0. The lowest BCUT2D eigenvalue weighted by Gasteiger charge is -2.19. The van der Waals surface area contributed by atoms with Gasteiger partial charge in [0.15, 0.2) is 0 Å². The molecule has 0 saturated carbocycles. The zero-order valence-corrected chi connectivity index (χ0v) is 22.5. The number of hydrogen-bond acceptors (Lipinski definition) is 4. The number of aromatic hydroxyl groups is 4. The minimum atomic E-state index is 0.253. The Morgan fingerprint density at radius 2 is 0.513 bits per heavy atom. The average Bonchev–Trinajstić information content (AvgIpc) is 2.95. The summed E-state index contributed by atoms with van der Waals surface area (Å²) in [6.45, 7) is 0. The Bertz CT molecular complexity index is 1050. The second-order valence-corrected chi connectivity index (χ2v) is 10.5. The molecule has 0 aliphatic rings. The topological polar surface area (TPSA) is 80.9 Å². The van der Waals surface area contributed by atoms with Crippen molar-refractivity contribution in [2.75, 3.05) is 0 Å². The minimum absolute atomic E-state index is 0.253. The van der Waals surface area contributed by atoms with Crippen molar-refractivity contribution in [3.05, 3.63) is 119 Å². The smallest absolute Gasteiger partial charge is 0.115 e. The molecule has 0 amide bonds. The van der Waals surface area contributed by atoms with Crippen molar-refractivity contribution in [3.8, 4) is 23.0 Å². The summed E-state index contributed by atoms with van der Waals surface area (Å²) in [4.78, 5) is 0. The molecule has 4 nitrogen and oxygen atoms in total. The lowest BCUT2D eigenvalue weighted by molar-refractivity contribution is 0.473. The van der Waals surface area contributed by atoms with E-state index < -0.39 is 0 Å². The first-order valence-electron chi connectivity index (χ1n) is 14.2. The quantitative estimate of drug-likeness (QED) is 0.124. The number of phenolic OH excluding ortho intramolecular Hbond substituents is 4. The first kappa shape index (κ1) is 28.1. The monoisotopic (exact) mass is 524 g/mol. The zero-order chi connectivity index (χ0) is 27.5. The molecule has 0 saturated heterocycles. The molecular weight excluding hydrogens is 484 g/mol. The number of hydrogen-bond donors (Lipinski definition) is 4. The molecule has 0 aromatic heterocycles. The molecule has 0 aliphatic carbocycles. The summed E-state index contributed by atoms with van der Waals surface area (Å²) in [5.41, 5.74) is 4.76. The van der Waals surface area contributed by atoms with Crippen molar-refractivity contribution in [1.29, 1.82) is 0 Å². The second-order valence-electron chi connectivity index (χ2n) is 10.5. The van der Waals surface area contributed by atoms with Gasteiger partial charge in [0.05, 0.1) is 0 Å². The summed E-state index contributed by atoms with van der Waals surface area (Å²) in [6.07, 6.45) is 10.4. The third-order valence-electron chi connectivity index (χ3n) is 7.67. The predicted molar refractivity (Wildman–Crippen MR) is 158 cm³/mol. The number of benzene rings is 4. The van der Waals surface area contributed by atoms with Gasteiger partial charge in [-0.3, -0.25) is 0 Å². The maximum atomic E-state index is 9.70. The summed E-state index contributed by atoms with van der Waals surface area (Å²) in [5, 5.41) is 38.8. The van der Waals surface area contributed by atoms with Crippen LogP contribution in [0.2, 0.25) is 0 Å². The van der Waals surface area contributed by atoms with Crippen LogP contribution in [0.15, 0.2) is 97.1 Å². The van der Waals surface area contributed by atoms with E-state index in [-0.39, 0.29) is 34.8 Å². The first-order chi connectivity index (χ1) is 19.0. The molecule has 4 heteroatoms. The fourth-order valence-electron chi connectivity index (χ4n) is 5.46. The van der Waals surface area contributed by atoms with Crippen LogP contribution in [-0.2, 0) is 0 Å². The molecule has 4 N–H and O–H groups in total. The molecule has 0 aliphatic heterocycles. The Labute approximate surface area is 232 Å². The number of phenols is 4. The van der Waals surface area contributed by atoms with Gasteiger partial charge in [0.25, 0.3) is 0 Å². The van der Waals surface area contributed by atoms with Crippen molar-refractivity contribution in [2.45, 2.75) is 69.6 Å². The van der Waals surface area contributed by atoms with Gasteiger partial charge < -0.3 is 20.4 Å². The van der Waals surface area contributed by atoms with Gasteiger partial charge in [0.2, 0.25) is 0 Å². The van der Waals surface area contributed by atoms with E-state index in [2.05, 4.69) is 0 Å². The Balaban J connectivity index is 1.21. The third-order valence-corrected chi connectivity index (χ3v) is 7.67. The van der Waals surface area contributed by atoms with Gasteiger partial charge in [0.1, 0.15) is 23.0 Å². The van der Waals surface area contributed by atoms with Crippen molar-refractivity contribution in [2.24, 2.45) is 0 Å². The van der Waals surface area contributed by atoms with Crippen LogP contribution < -0.4 is 0 Å². The van der Waals surface area contributed by atoms with Crippen LogP contribution in [0.5, 0.6) is 23.0 Å². The SMILES string of the molecule is Oc1ccc(C(CCCCCCCCCC(c2ccc(O)cc2)c2ccc(O)cc2)c2ccc(O)cc2)cc1. The molecule has 4 aromatic carbocycles. The fraction of sp³-hybridized carbons (Fsp3) is 0.314. The molecule has 0 bridgehead atoms. The highest BCUT2D eigenvalue weighted by molar-refractivity contribution is 5.39. The van der Waals surface area contributed by atoms with Gasteiger partial charge in [-0.15, -0.1) is 0 Å². The van der Waals surface area contributed by atoms with E-state index in [1.54, 1.807) is 48.5 Å².